The van der Waals surface area contributed by atoms with Crippen molar-refractivity contribution in [3.05, 3.63) is 46.3 Å². The van der Waals surface area contributed by atoms with Gasteiger partial charge < -0.3 is 9.47 Å². The summed E-state index contributed by atoms with van der Waals surface area (Å²) in [5.41, 5.74) is 1.30. The molecule has 1 saturated heterocycles. The van der Waals surface area contributed by atoms with Crippen molar-refractivity contribution in [3.8, 4) is 11.6 Å². The number of rotatable bonds is 4. The Morgan fingerprint density at radius 1 is 1.19 bits per heavy atom. The second-order valence-electron chi connectivity index (χ2n) is 6.93. The molecule has 0 amide bonds. The van der Waals surface area contributed by atoms with E-state index in [1.807, 2.05) is 0 Å². The lowest BCUT2D eigenvalue weighted by molar-refractivity contribution is 0.0330. The minimum absolute atomic E-state index is 0.318. The lowest BCUT2D eigenvalue weighted by Gasteiger charge is -2.25. The first-order chi connectivity index (χ1) is 13.3. The number of fused-ring (bicyclic) bond motifs is 3. The number of halogens is 1. The third kappa shape index (κ3) is 3.42. The zero-order chi connectivity index (χ0) is 18.2. The molecule has 5 rings (SSSR count). The molecule has 0 atom stereocenters. The molecular formula is C20H20FN3O2S. The molecule has 1 aliphatic heterocycles. The molecule has 0 radical (unpaired) electrons. The molecule has 0 bridgehead atoms. The number of morpholine rings is 1. The standard InChI is InChI=1S/C20H20FN3O2S/c21-13-3-1-4-14(11-13)26-19-18-15-5-2-6-16(15)27-20(18)23-17(22-19)12-24-7-9-25-10-8-24/h1,3-4,11H,2,5-10,12H2. The Labute approximate surface area is 160 Å². The van der Waals surface area contributed by atoms with Gasteiger partial charge in [0.05, 0.1) is 25.1 Å². The van der Waals surface area contributed by atoms with Crippen molar-refractivity contribution in [2.75, 3.05) is 26.3 Å². The number of aryl methyl sites for hydroxylation is 2. The Bertz CT molecular complexity index is 985. The second-order valence-corrected chi connectivity index (χ2v) is 8.01. The van der Waals surface area contributed by atoms with Crippen LogP contribution in [0.2, 0.25) is 0 Å². The SMILES string of the molecule is Fc1cccc(Oc2nc(CN3CCOCC3)nc3sc4c(c23)CCC4)c1. The molecule has 1 fully saturated rings. The van der Waals surface area contributed by atoms with Crippen LogP contribution in [-0.2, 0) is 24.1 Å². The summed E-state index contributed by atoms with van der Waals surface area (Å²) in [4.78, 5) is 14.2. The maximum absolute atomic E-state index is 13.6. The third-order valence-electron chi connectivity index (χ3n) is 5.06. The molecule has 3 heterocycles. The van der Waals surface area contributed by atoms with E-state index in [1.165, 1.54) is 22.6 Å². The van der Waals surface area contributed by atoms with E-state index in [0.717, 1.165) is 61.6 Å². The van der Waals surface area contributed by atoms with Gasteiger partial charge in [-0.1, -0.05) is 6.07 Å². The summed E-state index contributed by atoms with van der Waals surface area (Å²) in [6.45, 7) is 3.90. The smallest absolute Gasteiger partial charge is 0.231 e. The topological polar surface area (TPSA) is 47.5 Å². The summed E-state index contributed by atoms with van der Waals surface area (Å²) in [5, 5.41) is 1.00. The van der Waals surface area contributed by atoms with Crippen LogP contribution >= 0.6 is 11.3 Å². The number of hydrogen-bond acceptors (Lipinski definition) is 6. The summed E-state index contributed by atoms with van der Waals surface area (Å²) in [5.74, 6) is 1.44. The predicted molar refractivity (Wildman–Crippen MR) is 102 cm³/mol. The van der Waals surface area contributed by atoms with Gasteiger partial charge in [-0.15, -0.1) is 11.3 Å². The molecule has 3 aromatic rings. The molecule has 140 valence electrons. The van der Waals surface area contributed by atoms with Crippen molar-refractivity contribution in [2.45, 2.75) is 25.8 Å². The molecule has 5 nitrogen and oxygen atoms in total. The van der Waals surface area contributed by atoms with E-state index < -0.39 is 0 Å². The molecule has 7 heteroatoms. The first kappa shape index (κ1) is 17.0. The molecular weight excluding hydrogens is 365 g/mol. The van der Waals surface area contributed by atoms with E-state index in [-0.39, 0.29) is 5.82 Å². The average Bonchev–Trinajstić information content (AvgIpc) is 3.23. The van der Waals surface area contributed by atoms with Crippen LogP contribution in [0.4, 0.5) is 4.39 Å². The molecule has 1 aromatic carbocycles. The predicted octanol–water partition coefficient (Wildman–Crippen LogP) is 3.94. The van der Waals surface area contributed by atoms with Crippen LogP contribution in [0.1, 0.15) is 22.7 Å². The Balaban J connectivity index is 1.55. The molecule has 27 heavy (non-hydrogen) atoms. The van der Waals surface area contributed by atoms with Crippen LogP contribution in [0.3, 0.4) is 0 Å². The monoisotopic (exact) mass is 385 g/mol. The average molecular weight is 385 g/mol. The van der Waals surface area contributed by atoms with Crippen LogP contribution < -0.4 is 4.74 Å². The van der Waals surface area contributed by atoms with Crippen LogP contribution in [0.5, 0.6) is 11.6 Å². The van der Waals surface area contributed by atoms with Crippen molar-refractivity contribution >= 4 is 21.6 Å². The van der Waals surface area contributed by atoms with Gasteiger partial charge in [-0.05, 0) is 37.0 Å². The van der Waals surface area contributed by atoms with Gasteiger partial charge in [0.1, 0.15) is 22.2 Å². The highest BCUT2D eigenvalue weighted by molar-refractivity contribution is 7.19. The zero-order valence-electron chi connectivity index (χ0n) is 14.9. The summed E-state index contributed by atoms with van der Waals surface area (Å²) in [6, 6.07) is 6.21. The Kier molecular flexibility index (Phi) is 4.51. The first-order valence-corrected chi connectivity index (χ1v) is 10.1. The van der Waals surface area contributed by atoms with E-state index in [0.29, 0.717) is 18.2 Å². The van der Waals surface area contributed by atoms with Gasteiger partial charge in [0, 0.05) is 24.0 Å². The van der Waals surface area contributed by atoms with Crippen LogP contribution in [0.15, 0.2) is 24.3 Å². The number of hydrogen-bond donors (Lipinski definition) is 0. The number of nitrogens with zero attached hydrogens (tertiary/aromatic N) is 3. The molecule has 0 spiro atoms. The van der Waals surface area contributed by atoms with E-state index in [2.05, 4.69) is 4.90 Å². The van der Waals surface area contributed by atoms with Crippen molar-refractivity contribution in [2.24, 2.45) is 0 Å². The summed E-state index contributed by atoms with van der Waals surface area (Å²) in [7, 11) is 0. The third-order valence-corrected chi connectivity index (χ3v) is 6.24. The van der Waals surface area contributed by atoms with Gasteiger partial charge >= 0.3 is 0 Å². The Hall–Kier alpha value is -2.09. The van der Waals surface area contributed by atoms with Gasteiger partial charge in [0.2, 0.25) is 5.88 Å². The minimum Gasteiger partial charge on any atom is -0.438 e. The lowest BCUT2D eigenvalue weighted by Crippen LogP contribution is -2.36. The molecule has 2 aliphatic rings. The normalized spacial score (nSPS) is 17.4. The summed E-state index contributed by atoms with van der Waals surface area (Å²) >= 11 is 1.74. The van der Waals surface area contributed by atoms with E-state index in [4.69, 9.17) is 19.4 Å². The Morgan fingerprint density at radius 2 is 2.07 bits per heavy atom. The van der Waals surface area contributed by atoms with Crippen LogP contribution in [0, 0.1) is 5.82 Å². The fourth-order valence-electron chi connectivity index (χ4n) is 3.75. The van der Waals surface area contributed by atoms with Gasteiger partial charge in [-0.2, -0.15) is 4.98 Å². The van der Waals surface area contributed by atoms with Crippen molar-refractivity contribution in [3.63, 3.8) is 0 Å². The summed E-state index contributed by atoms with van der Waals surface area (Å²) < 4.78 is 25.1. The van der Waals surface area contributed by atoms with E-state index in [9.17, 15) is 4.39 Å². The maximum Gasteiger partial charge on any atom is 0.231 e. The quantitative estimate of drug-likeness (QED) is 0.681. The van der Waals surface area contributed by atoms with Gasteiger partial charge in [-0.25, -0.2) is 9.37 Å². The molecule has 1 aliphatic carbocycles. The van der Waals surface area contributed by atoms with E-state index >= 15 is 0 Å². The largest absolute Gasteiger partial charge is 0.438 e. The van der Waals surface area contributed by atoms with Crippen molar-refractivity contribution in [1.82, 2.24) is 14.9 Å². The van der Waals surface area contributed by atoms with Crippen LogP contribution in [-0.4, -0.2) is 41.2 Å². The van der Waals surface area contributed by atoms with Gasteiger partial charge in [0.25, 0.3) is 0 Å². The second kappa shape index (κ2) is 7.14. The van der Waals surface area contributed by atoms with Crippen LogP contribution in [0.25, 0.3) is 10.2 Å². The molecule has 0 saturated carbocycles. The number of thiophene rings is 1. The van der Waals surface area contributed by atoms with Gasteiger partial charge in [0.15, 0.2) is 0 Å². The highest BCUT2D eigenvalue weighted by atomic mass is 32.1. The van der Waals surface area contributed by atoms with Crippen molar-refractivity contribution < 1.29 is 13.9 Å². The highest BCUT2D eigenvalue weighted by Gasteiger charge is 2.24. The number of ether oxygens (including phenoxy) is 2. The number of aromatic nitrogens is 2. The van der Waals surface area contributed by atoms with Gasteiger partial charge in [-0.3, -0.25) is 4.90 Å². The molecule has 2 aromatic heterocycles. The lowest BCUT2D eigenvalue weighted by atomic mass is 10.2. The first-order valence-electron chi connectivity index (χ1n) is 9.31. The fraction of sp³-hybridized carbons (Fsp3) is 0.400. The zero-order valence-corrected chi connectivity index (χ0v) is 15.7. The van der Waals surface area contributed by atoms with E-state index in [1.54, 1.807) is 23.5 Å². The molecule has 0 unspecified atom stereocenters. The number of benzene rings is 1. The fourth-order valence-corrected chi connectivity index (χ4v) is 5.02. The molecule has 0 N–H and O–H groups in total. The minimum atomic E-state index is -0.318. The van der Waals surface area contributed by atoms with Crippen molar-refractivity contribution in [1.29, 1.82) is 0 Å². The Morgan fingerprint density at radius 3 is 2.93 bits per heavy atom. The maximum atomic E-state index is 13.6. The highest BCUT2D eigenvalue weighted by Crippen LogP contribution is 2.41. The summed E-state index contributed by atoms with van der Waals surface area (Å²) in [6.07, 6.45) is 3.28.